The molecular weight excluding hydrogens is 384 g/mol. The predicted molar refractivity (Wildman–Crippen MR) is 119 cm³/mol. The van der Waals surface area contributed by atoms with Gasteiger partial charge < -0.3 is 15.1 Å². The van der Waals surface area contributed by atoms with Gasteiger partial charge in [0, 0.05) is 24.0 Å². The molecule has 6 nitrogen and oxygen atoms in total. The molecule has 1 aromatic heterocycles. The largest absolute Gasteiger partial charge is 0.508 e. The smallest absolute Gasteiger partial charge is 0.200 e. The predicted octanol–water partition coefficient (Wildman–Crippen LogP) is 5.24. The van der Waals surface area contributed by atoms with Gasteiger partial charge in [0.2, 0.25) is 0 Å². The third kappa shape index (κ3) is 3.78. The van der Waals surface area contributed by atoms with Crippen molar-refractivity contribution in [2.45, 2.75) is 34.1 Å². The lowest BCUT2D eigenvalue weighted by molar-refractivity contribution is 0.447. The van der Waals surface area contributed by atoms with Crippen molar-refractivity contribution in [3.63, 3.8) is 0 Å². The Bertz CT molecular complexity index is 1130. The fourth-order valence-electron chi connectivity index (χ4n) is 3.48. The van der Waals surface area contributed by atoms with E-state index in [9.17, 15) is 10.2 Å². The molecule has 0 fully saturated rings. The summed E-state index contributed by atoms with van der Waals surface area (Å²) in [5.41, 5.74) is 5.16. The van der Waals surface area contributed by atoms with Gasteiger partial charge in [0.05, 0.1) is 11.3 Å². The van der Waals surface area contributed by atoms with Gasteiger partial charge in [0.15, 0.2) is 10.6 Å². The summed E-state index contributed by atoms with van der Waals surface area (Å²) < 4.78 is 2.20. The maximum atomic E-state index is 10.5. The number of aromatic amines is 1. The Kier molecular flexibility index (Phi) is 5.79. The molecule has 0 unspecified atom stereocenters. The molecule has 0 saturated heterocycles. The van der Waals surface area contributed by atoms with E-state index in [0.717, 1.165) is 34.7 Å². The molecule has 3 rings (SSSR count). The van der Waals surface area contributed by atoms with Gasteiger partial charge in [-0.05, 0) is 68.7 Å². The number of aromatic nitrogens is 3. The summed E-state index contributed by atoms with van der Waals surface area (Å²) in [4.78, 5) is 2.13. The number of phenols is 2. The minimum Gasteiger partial charge on any atom is -0.508 e. The molecule has 0 aliphatic heterocycles. The Labute approximate surface area is 175 Å². The summed E-state index contributed by atoms with van der Waals surface area (Å²) in [5.74, 6) is 0.488. The summed E-state index contributed by atoms with van der Waals surface area (Å²) >= 11 is 5.49. The average molecular weight is 411 g/mol. The van der Waals surface area contributed by atoms with E-state index in [2.05, 4.69) is 35.5 Å². The average Bonchev–Trinajstić information content (AvgIpc) is 3.05. The molecule has 3 N–H and O–H groups in total. The lowest BCUT2D eigenvalue weighted by Crippen LogP contribution is -2.20. The van der Waals surface area contributed by atoms with Gasteiger partial charge in [-0.25, -0.2) is 0 Å². The van der Waals surface area contributed by atoms with Gasteiger partial charge in [0.25, 0.3) is 0 Å². The van der Waals surface area contributed by atoms with Crippen LogP contribution in [0, 0.1) is 11.7 Å². The molecular formula is C22H26N4O2S. The van der Waals surface area contributed by atoms with Crippen LogP contribution in [0.5, 0.6) is 11.5 Å². The monoisotopic (exact) mass is 410 g/mol. The van der Waals surface area contributed by atoms with Crippen molar-refractivity contribution >= 4 is 17.9 Å². The summed E-state index contributed by atoms with van der Waals surface area (Å²) in [6.45, 7) is 12.9. The zero-order valence-electron chi connectivity index (χ0n) is 17.2. The first kappa shape index (κ1) is 20.7. The number of nitrogens with zero attached hydrogens (tertiary/aromatic N) is 3. The Balaban J connectivity index is 2.22. The van der Waals surface area contributed by atoms with Crippen LogP contribution in [0.2, 0.25) is 0 Å². The summed E-state index contributed by atoms with van der Waals surface area (Å²) in [6, 6.07) is 9.13. The van der Waals surface area contributed by atoms with Crippen molar-refractivity contribution in [2.24, 2.45) is 0 Å². The third-order valence-electron chi connectivity index (χ3n) is 5.01. The van der Waals surface area contributed by atoms with Crippen LogP contribution >= 0.6 is 12.2 Å². The highest BCUT2D eigenvalue weighted by molar-refractivity contribution is 7.71. The Morgan fingerprint density at radius 3 is 2.55 bits per heavy atom. The molecule has 0 radical (unpaired) electrons. The number of nitrogens with one attached hydrogen (secondary N) is 1. The fraction of sp³-hybridized carbons (Fsp3) is 0.273. The van der Waals surface area contributed by atoms with Crippen LogP contribution in [-0.2, 0) is 6.42 Å². The van der Waals surface area contributed by atoms with Crippen LogP contribution in [0.15, 0.2) is 42.6 Å². The van der Waals surface area contributed by atoms with Crippen LogP contribution < -0.4 is 4.90 Å². The SMILES string of the molecule is C=C(C)N(CC)c1cc(-n2c(-c3cc(CC)c(O)cc3O)n[nH]c2=S)ccc1C. The maximum absolute atomic E-state index is 10.5. The third-order valence-corrected chi connectivity index (χ3v) is 5.28. The minimum atomic E-state index is -0.0561. The first-order chi connectivity index (χ1) is 13.8. The number of hydrogen-bond acceptors (Lipinski definition) is 5. The molecule has 0 aliphatic carbocycles. The normalized spacial score (nSPS) is 10.9. The van der Waals surface area contributed by atoms with E-state index in [1.54, 1.807) is 10.6 Å². The molecule has 7 heteroatoms. The molecule has 0 saturated carbocycles. The second-order valence-electron chi connectivity index (χ2n) is 6.99. The lowest BCUT2D eigenvalue weighted by Gasteiger charge is -2.25. The number of phenolic OH excluding ortho intramolecular Hbond substituents is 2. The second kappa shape index (κ2) is 8.13. The van der Waals surface area contributed by atoms with Crippen LogP contribution in [0.4, 0.5) is 5.69 Å². The Morgan fingerprint density at radius 2 is 1.93 bits per heavy atom. The first-order valence-electron chi connectivity index (χ1n) is 9.55. The summed E-state index contributed by atoms with van der Waals surface area (Å²) in [5, 5.41) is 27.7. The maximum Gasteiger partial charge on any atom is 0.200 e. The molecule has 0 aliphatic rings. The summed E-state index contributed by atoms with van der Waals surface area (Å²) in [7, 11) is 0. The van der Waals surface area contributed by atoms with Gasteiger partial charge in [-0.1, -0.05) is 19.6 Å². The molecule has 152 valence electrons. The Morgan fingerprint density at radius 1 is 1.21 bits per heavy atom. The first-order valence-corrected chi connectivity index (χ1v) is 9.96. The lowest BCUT2D eigenvalue weighted by atomic mass is 10.1. The quantitative estimate of drug-likeness (QED) is 0.485. The highest BCUT2D eigenvalue weighted by Crippen LogP contribution is 2.36. The van der Waals surface area contributed by atoms with Crippen LogP contribution in [-0.4, -0.2) is 31.5 Å². The van der Waals surface area contributed by atoms with E-state index in [1.165, 1.54) is 6.07 Å². The second-order valence-corrected chi connectivity index (χ2v) is 7.38. The number of benzene rings is 2. The number of hydrogen-bond donors (Lipinski definition) is 3. The number of anilines is 1. The number of H-pyrrole nitrogens is 1. The molecule has 0 atom stereocenters. The number of aromatic hydroxyl groups is 2. The highest BCUT2D eigenvalue weighted by Gasteiger charge is 2.18. The van der Waals surface area contributed by atoms with Crippen molar-refractivity contribution in [3.05, 3.63) is 58.5 Å². The van der Waals surface area contributed by atoms with E-state index < -0.39 is 0 Å². The van der Waals surface area contributed by atoms with Crippen molar-refractivity contribution in [1.82, 2.24) is 14.8 Å². The van der Waals surface area contributed by atoms with Crippen molar-refractivity contribution in [3.8, 4) is 28.6 Å². The molecule has 1 heterocycles. The number of aryl methyl sites for hydroxylation is 2. The van der Waals surface area contributed by atoms with Gasteiger partial charge in [0.1, 0.15) is 11.5 Å². The minimum absolute atomic E-state index is 0.0561. The van der Waals surface area contributed by atoms with Gasteiger partial charge in [-0.2, -0.15) is 5.10 Å². The molecule has 29 heavy (non-hydrogen) atoms. The number of rotatable bonds is 6. The van der Waals surface area contributed by atoms with Gasteiger partial charge >= 0.3 is 0 Å². The van der Waals surface area contributed by atoms with Crippen LogP contribution in [0.1, 0.15) is 31.9 Å². The molecule has 0 bridgehead atoms. The van der Waals surface area contributed by atoms with Crippen LogP contribution in [0.25, 0.3) is 17.1 Å². The van der Waals surface area contributed by atoms with E-state index in [-0.39, 0.29) is 11.5 Å². The molecule has 0 spiro atoms. The van der Waals surface area contributed by atoms with Gasteiger partial charge in [-0.3, -0.25) is 9.67 Å². The zero-order valence-corrected chi connectivity index (χ0v) is 18.0. The molecule has 3 aromatic rings. The van der Waals surface area contributed by atoms with E-state index >= 15 is 0 Å². The Hall–Kier alpha value is -3.06. The zero-order chi connectivity index (χ0) is 21.3. The van der Waals surface area contributed by atoms with Gasteiger partial charge in [-0.15, -0.1) is 0 Å². The van der Waals surface area contributed by atoms with Crippen molar-refractivity contribution in [1.29, 1.82) is 0 Å². The van der Waals surface area contributed by atoms with E-state index in [1.807, 2.05) is 32.0 Å². The van der Waals surface area contributed by atoms with Crippen molar-refractivity contribution < 1.29 is 10.2 Å². The standard InChI is InChI=1S/C22H26N4O2S/c1-6-15-10-17(20(28)12-19(15)27)21-23-24-22(29)26(21)16-9-8-14(5)18(11-16)25(7-2)13(3)4/h8-12,27-28H,3,6-7H2,1-2,4-5H3,(H,24,29). The van der Waals surface area contributed by atoms with Crippen molar-refractivity contribution in [2.75, 3.05) is 11.4 Å². The van der Waals surface area contributed by atoms with E-state index in [4.69, 9.17) is 12.2 Å². The molecule has 2 aromatic carbocycles. The molecule has 0 amide bonds. The topological polar surface area (TPSA) is 77.3 Å². The fourth-order valence-corrected chi connectivity index (χ4v) is 3.71. The van der Waals surface area contributed by atoms with Crippen LogP contribution in [0.3, 0.4) is 0 Å². The highest BCUT2D eigenvalue weighted by atomic mass is 32.1. The number of allylic oxidation sites excluding steroid dienone is 1. The van der Waals surface area contributed by atoms with E-state index in [0.29, 0.717) is 22.6 Å². The summed E-state index contributed by atoms with van der Waals surface area (Å²) in [6.07, 6.45) is 0.628.